The molecule has 1 unspecified atom stereocenters. The highest BCUT2D eigenvalue weighted by atomic mass is 16.5. The van der Waals surface area contributed by atoms with Crippen molar-refractivity contribution in [2.75, 3.05) is 37.0 Å². The highest BCUT2D eigenvalue weighted by molar-refractivity contribution is 5.69. The minimum Gasteiger partial charge on any atom is -0.490 e. The van der Waals surface area contributed by atoms with Gasteiger partial charge in [-0.3, -0.25) is 0 Å². The van der Waals surface area contributed by atoms with Crippen molar-refractivity contribution < 1.29 is 4.74 Å². The fraction of sp³-hybridized carbons (Fsp3) is 0.353. The summed E-state index contributed by atoms with van der Waals surface area (Å²) in [5, 5.41) is 12.6. The molecule has 0 amide bonds. The Morgan fingerprint density at radius 1 is 1.55 bits per heavy atom. The van der Waals surface area contributed by atoms with Gasteiger partial charge < -0.3 is 19.9 Å². The molecule has 1 aromatic carbocycles. The zero-order chi connectivity index (χ0) is 16.1. The van der Waals surface area contributed by atoms with E-state index in [4.69, 9.17) is 4.74 Å². The molecule has 0 fully saturated rings. The Hall–Kier alpha value is -2.61. The van der Waals surface area contributed by atoms with Gasteiger partial charge in [0.05, 0.1) is 18.3 Å². The van der Waals surface area contributed by atoms with E-state index >= 15 is 0 Å². The summed E-state index contributed by atoms with van der Waals surface area (Å²) in [4.78, 5) is 4.12. The van der Waals surface area contributed by atoms with Gasteiger partial charge in [0.25, 0.3) is 0 Å². The fourth-order valence-electron chi connectivity index (χ4n) is 2.46. The Balaban J connectivity index is 2.39. The summed E-state index contributed by atoms with van der Waals surface area (Å²) in [5.74, 6) is 0.821. The van der Waals surface area contributed by atoms with E-state index in [2.05, 4.69) is 28.9 Å². The average molecular weight is 298 g/mol. The number of hydrogen-bond donors (Lipinski definition) is 1. The summed E-state index contributed by atoms with van der Waals surface area (Å²) in [6.07, 6.45) is 3.40. The standard InChI is InChI=1S/C17H22N4O/c1-5-19-12-13(2)16(11-18)21-8-9-22-17-7-6-14(20(3)4)10-15(17)21/h5-7,10,12,16,19H,1,8-9H2,2-4H3/b13-12+. The fourth-order valence-corrected chi connectivity index (χ4v) is 2.46. The second kappa shape index (κ2) is 6.90. The van der Waals surface area contributed by atoms with Crippen LogP contribution < -0.4 is 19.9 Å². The van der Waals surface area contributed by atoms with Crippen molar-refractivity contribution in [1.82, 2.24) is 5.32 Å². The van der Waals surface area contributed by atoms with Crippen molar-refractivity contribution >= 4 is 11.4 Å². The van der Waals surface area contributed by atoms with Crippen LogP contribution in [0.3, 0.4) is 0 Å². The third kappa shape index (κ3) is 3.17. The summed E-state index contributed by atoms with van der Waals surface area (Å²) in [5.41, 5.74) is 2.97. The highest BCUT2D eigenvalue weighted by Crippen LogP contribution is 2.36. The summed E-state index contributed by atoms with van der Waals surface area (Å²) in [6, 6.07) is 8.09. The minimum atomic E-state index is -0.340. The van der Waals surface area contributed by atoms with Gasteiger partial charge in [-0.2, -0.15) is 5.26 Å². The molecule has 0 aliphatic carbocycles. The Kier molecular flexibility index (Phi) is 4.95. The number of nitrogens with zero attached hydrogens (tertiary/aromatic N) is 3. The molecule has 0 radical (unpaired) electrons. The van der Waals surface area contributed by atoms with Crippen molar-refractivity contribution in [2.45, 2.75) is 13.0 Å². The van der Waals surface area contributed by atoms with Crippen molar-refractivity contribution in [2.24, 2.45) is 0 Å². The third-order valence-electron chi connectivity index (χ3n) is 3.65. The van der Waals surface area contributed by atoms with Gasteiger partial charge in [-0.1, -0.05) is 6.58 Å². The number of rotatable bonds is 5. The van der Waals surface area contributed by atoms with Gasteiger partial charge in [-0.15, -0.1) is 0 Å². The molecule has 0 saturated carbocycles. The SMILES string of the molecule is C=CN/C=C(\C)C(C#N)N1CCOc2ccc(N(C)C)cc21. The second-order valence-corrected chi connectivity index (χ2v) is 5.38. The van der Waals surface area contributed by atoms with Gasteiger partial charge in [0.1, 0.15) is 18.4 Å². The number of hydrogen-bond acceptors (Lipinski definition) is 5. The van der Waals surface area contributed by atoms with Crippen molar-refractivity contribution in [3.05, 3.63) is 42.8 Å². The van der Waals surface area contributed by atoms with E-state index in [-0.39, 0.29) is 6.04 Å². The van der Waals surface area contributed by atoms with Crippen LogP contribution in [0.15, 0.2) is 42.8 Å². The Labute approximate surface area is 132 Å². The van der Waals surface area contributed by atoms with E-state index < -0.39 is 0 Å². The minimum absolute atomic E-state index is 0.340. The van der Waals surface area contributed by atoms with Crippen LogP contribution in [0.1, 0.15) is 6.92 Å². The zero-order valence-electron chi connectivity index (χ0n) is 13.3. The van der Waals surface area contributed by atoms with Crippen LogP contribution in [-0.2, 0) is 0 Å². The lowest BCUT2D eigenvalue weighted by atomic mass is 10.1. The van der Waals surface area contributed by atoms with E-state index in [1.54, 1.807) is 6.20 Å². The van der Waals surface area contributed by atoms with Crippen LogP contribution in [0.5, 0.6) is 5.75 Å². The topological polar surface area (TPSA) is 51.5 Å². The molecule has 22 heavy (non-hydrogen) atoms. The number of nitriles is 1. The highest BCUT2D eigenvalue weighted by Gasteiger charge is 2.26. The van der Waals surface area contributed by atoms with Gasteiger partial charge in [-0.05, 0) is 36.9 Å². The summed E-state index contributed by atoms with van der Waals surface area (Å²) in [6.45, 7) is 6.82. The quantitative estimate of drug-likeness (QED) is 0.905. The number of nitrogens with one attached hydrogen (secondary N) is 1. The molecule has 0 spiro atoms. The van der Waals surface area contributed by atoms with E-state index in [1.807, 2.05) is 44.3 Å². The molecule has 1 aromatic rings. The maximum Gasteiger partial charge on any atom is 0.142 e. The van der Waals surface area contributed by atoms with Crippen LogP contribution in [0.4, 0.5) is 11.4 Å². The molecule has 1 N–H and O–H groups in total. The monoisotopic (exact) mass is 298 g/mol. The smallest absolute Gasteiger partial charge is 0.142 e. The summed E-state index contributed by atoms with van der Waals surface area (Å²) < 4.78 is 5.72. The van der Waals surface area contributed by atoms with E-state index in [9.17, 15) is 5.26 Å². The molecule has 116 valence electrons. The molecule has 1 aliphatic heterocycles. The average Bonchev–Trinajstić information content (AvgIpc) is 2.53. The van der Waals surface area contributed by atoms with Crippen LogP contribution >= 0.6 is 0 Å². The molecule has 1 heterocycles. The van der Waals surface area contributed by atoms with Crippen molar-refractivity contribution in [3.8, 4) is 11.8 Å². The molecule has 0 bridgehead atoms. The molecule has 1 atom stereocenters. The van der Waals surface area contributed by atoms with E-state index in [0.29, 0.717) is 13.2 Å². The second-order valence-electron chi connectivity index (χ2n) is 5.38. The zero-order valence-corrected chi connectivity index (χ0v) is 13.3. The molecule has 1 aliphatic rings. The predicted octanol–water partition coefficient (Wildman–Crippen LogP) is 2.48. The van der Waals surface area contributed by atoms with E-state index in [0.717, 1.165) is 22.7 Å². The first-order valence-corrected chi connectivity index (χ1v) is 7.22. The largest absolute Gasteiger partial charge is 0.490 e. The Morgan fingerprint density at radius 2 is 2.32 bits per heavy atom. The maximum atomic E-state index is 9.61. The van der Waals surface area contributed by atoms with Gasteiger partial charge in [0, 0.05) is 26.0 Å². The molecular weight excluding hydrogens is 276 g/mol. The van der Waals surface area contributed by atoms with Gasteiger partial charge in [-0.25, -0.2) is 0 Å². The predicted molar refractivity (Wildman–Crippen MR) is 90.1 cm³/mol. The lowest BCUT2D eigenvalue weighted by Crippen LogP contribution is -2.41. The van der Waals surface area contributed by atoms with Crippen molar-refractivity contribution in [3.63, 3.8) is 0 Å². The molecule has 5 heteroatoms. The number of anilines is 2. The lowest BCUT2D eigenvalue weighted by molar-refractivity contribution is 0.306. The van der Waals surface area contributed by atoms with E-state index in [1.165, 1.54) is 0 Å². The molecular formula is C17H22N4O. The Morgan fingerprint density at radius 3 is 2.95 bits per heavy atom. The Bertz CT molecular complexity index is 616. The van der Waals surface area contributed by atoms with Gasteiger partial charge in [0.2, 0.25) is 0 Å². The first kappa shape index (κ1) is 15.8. The molecule has 5 nitrogen and oxygen atoms in total. The lowest BCUT2D eigenvalue weighted by Gasteiger charge is -2.35. The summed E-state index contributed by atoms with van der Waals surface area (Å²) in [7, 11) is 3.99. The number of ether oxygens (including phenoxy) is 1. The molecule has 0 saturated heterocycles. The third-order valence-corrected chi connectivity index (χ3v) is 3.65. The summed E-state index contributed by atoms with van der Waals surface area (Å²) >= 11 is 0. The molecule has 2 rings (SSSR count). The van der Waals surface area contributed by atoms with Crippen LogP contribution in [0, 0.1) is 11.3 Å². The number of fused-ring (bicyclic) bond motifs is 1. The van der Waals surface area contributed by atoms with Crippen LogP contribution in [0.2, 0.25) is 0 Å². The first-order valence-electron chi connectivity index (χ1n) is 7.22. The van der Waals surface area contributed by atoms with Gasteiger partial charge in [0.15, 0.2) is 0 Å². The van der Waals surface area contributed by atoms with Crippen LogP contribution in [-0.4, -0.2) is 33.3 Å². The first-order chi connectivity index (χ1) is 10.6. The maximum absolute atomic E-state index is 9.61. The van der Waals surface area contributed by atoms with Gasteiger partial charge >= 0.3 is 0 Å². The molecule has 0 aromatic heterocycles. The van der Waals surface area contributed by atoms with Crippen LogP contribution in [0.25, 0.3) is 0 Å². The van der Waals surface area contributed by atoms with Crippen molar-refractivity contribution in [1.29, 1.82) is 5.26 Å². The number of benzene rings is 1. The normalized spacial score (nSPS) is 15.2.